The van der Waals surface area contributed by atoms with E-state index >= 15 is 0 Å². The second-order valence-electron chi connectivity index (χ2n) is 7.73. The zero-order valence-electron chi connectivity index (χ0n) is 17.5. The van der Waals surface area contributed by atoms with E-state index in [1.54, 1.807) is 12.4 Å². The van der Waals surface area contributed by atoms with Crippen LogP contribution in [0.1, 0.15) is 50.6 Å². The van der Waals surface area contributed by atoms with Crippen LogP contribution < -0.4 is 20.1 Å². The van der Waals surface area contributed by atoms with Gasteiger partial charge in [0.1, 0.15) is 23.7 Å². The first-order chi connectivity index (χ1) is 14.3. The first kappa shape index (κ1) is 22.7. The minimum Gasteiger partial charge on any atom is -0.490 e. The fourth-order valence-electron chi connectivity index (χ4n) is 4.31. The van der Waals surface area contributed by atoms with Crippen molar-refractivity contribution in [3.63, 3.8) is 0 Å². The van der Waals surface area contributed by atoms with Crippen LogP contribution >= 0.6 is 24.0 Å². The lowest BCUT2D eigenvalue weighted by Crippen LogP contribution is -2.46. The number of ether oxygens (including phenoxy) is 2. The molecule has 2 N–H and O–H groups in total. The van der Waals surface area contributed by atoms with Crippen LogP contribution in [-0.4, -0.2) is 36.2 Å². The van der Waals surface area contributed by atoms with E-state index in [0.29, 0.717) is 13.2 Å². The Kier molecular flexibility index (Phi) is 8.18. The zero-order valence-corrected chi connectivity index (χ0v) is 19.8. The van der Waals surface area contributed by atoms with Crippen molar-refractivity contribution in [3.8, 4) is 11.5 Å². The molecule has 1 fully saturated rings. The predicted molar refractivity (Wildman–Crippen MR) is 130 cm³/mol. The van der Waals surface area contributed by atoms with Gasteiger partial charge in [-0.3, -0.25) is 4.98 Å². The third-order valence-electron chi connectivity index (χ3n) is 5.63. The Hall–Kier alpha value is -2.03. The van der Waals surface area contributed by atoms with E-state index in [0.717, 1.165) is 43.3 Å². The summed E-state index contributed by atoms with van der Waals surface area (Å²) in [5.41, 5.74) is 1.18. The lowest BCUT2D eigenvalue weighted by atomic mass is 9.86. The van der Waals surface area contributed by atoms with Crippen molar-refractivity contribution < 1.29 is 9.47 Å². The van der Waals surface area contributed by atoms with Gasteiger partial charge in [-0.2, -0.15) is 0 Å². The number of para-hydroxylation sites is 1. The van der Waals surface area contributed by atoms with Crippen molar-refractivity contribution in [2.75, 3.05) is 19.7 Å². The van der Waals surface area contributed by atoms with Crippen molar-refractivity contribution in [3.05, 3.63) is 54.4 Å². The van der Waals surface area contributed by atoms with Gasteiger partial charge in [-0.05, 0) is 50.8 Å². The predicted octanol–water partition coefficient (Wildman–Crippen LogP) is 4.47. The van der Waals surface area contributed by atoms with Crippen molar-refractivity contribution in [2.45, 2.75) is 50.7 Å². The lowest BCUT2D eigenvalue weighted by molar-refractivity contribution is 0.0396. The molecule has 2 aromatic rings. The first-order valence-corrected chi connectivity index (χ1v) is 10.6. The molecule has 30 heavy (non-hydrogen) atoms. The number of aliphatic imine (C=N–C) groups is 1. The standard InChI is InChI=1S/C23H30N4O2.HI/c1-2-25-22(26-14-15-28-18-8-7-13-24-17-18)27-20-16-23(11-5-6-12-23)29-21-10-4-3-9-19(20)21;/h3-4,7-10,13,17,20H,2,5-6,11-12,14-16H2,1H3,(H2,25,26,27);1H. The number of aromatic nitrogens is 1. The molecule has 6 nitrogen and oxygen atoms in total. The minimum absolute atomic E-state index is 0. The number of hydrogen-bond donors (Lipinski definition) is 2. The van der Waals surface area contributed by atoms with Gasteiger partial charge in [-0.1, -0.05) is 18.2 Å². The molecule has 1 unspecified atom stereocenters. The molecule has 1 saturated carbocycles. The summed E-state index contributed by atoms with van der Waals surface area (Å²) in [5, 5.41) is 7.02. The summed E-state index contributed by atoms with van der Waals surface area (Å²) in [5.74, 6) is 2.59. The van der Waals surface area contributed by atoms with E-state index in [2.05, 4.69) is 46.8 Å². The second kappa shape index (κ2) is 10.8. The maximum atomic E-state index is 6.47. The van der Waals surface area contributed by atoms with Gasteiger partial charge in [-0.25, -0.2) is 4.99 Å². The van der Waals surface area contributed by atoms with Crippen LogP contribution in [0.15, 0.2) is 53.8 Å². The number of guanidine groups is 1. The van der Waals surface area contributed by atoms with E-state index in [4.69, 9.17) is 14.5 Å². The van der Waals surface area contributed by atoms with Gasteiger partial charge in [-0.15, -0.1) is 24.0 Å². The Bertz CT molecular complexity index is 825. The highest BCUT2D eigenvalue weighted by atomic mass is 127. The van der Waals surface area contributed by atoms with Gasteiger partial charge in [0.25, 0.3) is 0 Å². The molecule has 0 bridgehead atoms. The Morgan fingerprint density at radius 1 is 1.23 bits per heavy atom. The Morgan fingerprint density at radius 3 is 2.83 bits per heavy atom. The number of pyridine rings is 1. The van der Waals surface area contributed by atoms with E-state index in [9.17, 15) is 0 Å². The molecule has 1 aromatic carbocycles. The Balaban J connectivity index is 0.00000256. The molecular weight excluding hydrogens is 491 g/mol. The van der Waals surface area contributed by atoms with E-state index in [1.165, 1.54) is 18.4 Å². The molecule has 1 spiro atoms. The third kappa shape index (κ3) is 5.56. The minimum atomic E-state index is -0.0350. The number of fused-ring (bicyclic) bond motifs is 1. The first-order valence-electron chi connectivity index (χ1n) is 10.6. The molecule has 162 valence electrons. The number of rotatable bonds is 6. The Labute approximate surface area is 195 Å². The summed E-state index contributed by atoms with van der Waals surface area (Å²) >= 11 is 0. The molecule has 1 aliphatic heterocycles. The summed E-state index contributed by atoms with van der Waals surface area (Å²) in [7, 11) is 0. The number of halogens is 1. The summed E-state index contributed by atoms with van der Waals surface area (Å²) in [6, 6.07) is 12.3. The molecule has 1 atom stereocenters. The molecule has 0 radical (unpaired) electrons. The smallest absolute Gasteiger partial charge is 0.191 e. The molecule has 7 heteroatoms. The number of hydrogen-bond acceptors (Lipinski definition) is 4. The molecule has 1 aliphatic carbocycles. The van der Waals surface area contributed by atoms with Crippen LogP contribution in [0.3, 0.4) is 0 Å². The Morgan fingerprint density at radius 2 is 2.07 bits per heavy atom. The van der Waals surface area contributed by atoms with Gasteiger partial charge >= 0.3 is 0 Å². The molecular formula is C23H31IN4O2. The molecule has 2 aliphatic rings. The van der Waals surface area contributed by atoms with E-state index in [1.807, 2.05) is 12.1 Å². The van der Waals surface area contributed by atoms with Crippen LogP contribution in [0.5, 0.6) is 11.5 Å². The molecule has 2 heterocycles. The van der Waals surface area contributed by atoms with Crippen molar-refractivity contribution in [2.24, 2.45) is 4.99 Å². The SMILES string of the molecule is CCNC(=NCCOc1cccnc1)NC1CC2(CCCC2)Oc2ccccc21.I. The lowest BCUT2D eigenvalue weighted by Gasteiger charge is -2.40. The summed E-state index contributed by atoms with van der Waals surface area (Å²) in [4.78, 5) is 8.78. The van der Waals surface area contributed by atoms with Gasteiger partial charge in [0.2, 0.25) is 0 Å². The maximum Gasteiger partial charge on any atom is 0.191 e. The molecule has 1 aromatic heterocycles. The fraction of sp³-hybridized carbons (Fsp3) is 0.478. The maximum absolute atomic E-state index is 6.47. The topological polar surface area (TPSA) is 67.8 Å². The second-order valence-corrected chi connectivity index (χ2v) is 7.73. The average molecular weight is 522 g/mol. The van der Waals surface area contributed by atoms with Crippen LogP contribution in [0.4, 0.5) is 0 Å². The highest BCUT2D eigenvalue weighted by Gasteiger charge is 2.43. The van der Waals surface area contributed by atoms with Crippen LogP contribution in [0, 0.1) is 0 Å². The number of benzene rings is 1. The van der Waals surface area contributed by atoms with Crippen LogP contribution in [0.2, 0.25) is 0 Å². The average Bonchev–Trinajstić information content (AvgIpc) is 3.19. The summed E-state index contributed by atoms with van der Waals surface area (Å²) in [6.45, 7) is 3.97. The van der Waals surface area contributed by atoms with Gasteiger partial charge in [0.15, 0.2) is 5.96 Å². The zero-order chi connectivity index (χ0) is 19.9. The van der Waals surface area contributed by atoms with Crippen molar-refractivity contribution in [1.29, 1.82) is 0 Å². The third-order valence-corrected chi connectivity index (χ3v) is 5.63. The normalized spacial score (nSPS) is 19.4. The van der Waals surface area contributed by atoms with Crippen molar-refractivity contribution >= 4 is 29.9 Å². The number of nitrogens with zero attached hydrogens (tertiary/aromatic N) is 2. The van der Waals surface area contributed by atoms with E-state index < -0.39 is 0 Å². The number of nitrogens with one attached hydrogen (secondary N) is 2. The highest BCUT2D eigenvalue weighted by molar-refractivity contribution is 14.0. The summed E-state index contributed by atoms with van der Waals surface area (Å²) in [6.07, 6.45) is 9.18. The van der Waals surface area contributed by atoms with Crippen LogP contribution in [-0.2, 0) is 0 Å². The largest absolute Gasteiger partial charge is 0.490 e. The van der Waals surface area contributed by atoms with E-state index in [-0.39, 0.29) is 35.6 Å². The van der Waals surface area contributed by atoms with Gasteiger partial charge in [0, 0.05) is 24.7 Å². The molecule has 0 amide bonds. The van der Waals surface area contributed by atoms with Gasteiger partial charge in [0.05, 0.1) is 18.8 Å². The van der Waals surface area contributed by atoms with Gasteiger partial charge < -0.3 is 20.1 Å². The monoisotopic (exact) mass is 522 g/mol. The van der Waals surface area contributed by atoms with Crippen LogP contribution in [0.25, 0.3) is 0 Å². The molecule has 0 saturated heterocycles. The molecule has 4 rings (SSSR count). The summed E-state index contributed by atoms with van der Waals surface area (Å²) < 4.78 is 12.2. The van der Waals surface area contributed by atoms with Crippen molar-refractivity contribution in [1.82, 2.24) is 15.6 Å². The quantitative estimate of drug-likeness (QED) is 0.254. The highest BCUT2D eigenvalue weighted by Crippen LogP contribution is 2.46. The fourth-order valence-corrected chi connectivity index (χ4v) is 4.31.